The average Bonchev–Trinajstić information content (AvgIpc) is 2.71. The van der Waals surface area contributed by atoms with Gasteiger partial charge in [0.25, 0.3) is 5.91 Å². The van der Waals surface area contributed by atoms with E-state index >= 15 is 0 Å². The summed E-state index contributed by atoms with van der Waals surface area (Å²) in [5.74, 6) is -0.912. The number of furan rings is 1. The lowest BCUT2D eigenvalue weighted by molar-refractivity contribution is 0.0694. The molecule has 110 valence electrons. The maximum Gasteiger partial charge on any atom is 0.339 e. The molecule has 1 aromatic heterocycles. The van der Waals surface area contributed by atoms with Crippen LogP contribution in [0.5, 0.6) is 0 Å². The molecule has 0 atom stereocenters. The minimum absolute atomic E-state index is 0.0820. The maximum atomic E-state index is 12.1. The zero-order valence-corrected chi connectivity index (χ0v) is 11.8. The Morgan fingerprint density at radius 1 is 1.30 bits per heavy atom. The highest BCUT2D eigenvalue weighted by Crippen LogP contribution is 2.20. The quantitative estimate of drug-likeness (QED) is 0.830. The summed E-state index contributed by atoms with van der Waals surface area (Å²) >= 11 is 0. The number of carboxylic acids is 1. The predicted octanol–water partition coefficient (Wildman–Crippen LogP) is 2.99. The summed E-state index contributed by atoms with van der Waals surface area (Å²) in [4.78, 5) is 23.2. The Hall–Kier alpha value is -1.78. The zero-order chi connectivity index (χ0) is 14.5. The topological polar surface area (TPSA) is 79.5 Å². The van der Waals surface area contributed by atoms with Crippen molar-refractivity contribution in [3.63, 3.8) is 0 Å². The monoisotopic (exact) mass is 279 g/mol. The number of carbonyl (C=O) groups excluding carboxylic acids is 1. The van der Waals surface area contributed by atoms with Gasteiger partial charge in [-0.2, -0.15) is 0 Å². The van der Waals surface area contributed by atoms with Crippen molar-refractivity contribution in [2.75, 3.05) is 0 Å². The SMILES string of the molecule is CCc1oc(C(=O)NC2CCCCCC2)cc1C(=O)O. The van der Waals surface area contributed by atoms with Crippen molar-refractivity contribution in [3.8, 4) is 0 Å². The number of aromatic carboxylic acids is 1. The molecule has 1 amide bonds. The van der Waals surface area contributed by atoms with E-state index in [1.165, 1.54) is 18.9 Å². The molecule has 1 heterocycles. The van der Waals surface area contributed by atoms with Gasteiger partial charge in [-0.3, -0.25) is 4.79 Å². The van der Waals surface area contributed by atoms with E-state index in [2.05, 4.69) is 5.32 Å². The second-order valence-corrected chi connectivity index (χ2v) is 5.27. The van der Waals surface area contributed by atoms with Crippen LogP contribution in [0.25, 0.3) is 0 Å². The van der Waals surface area contributed by atoms with Gasteiger partial charge in [0.15, 0.2) is 5.76 Å². The number of rotatable bonds is 4. The maximum absolute atomic E-state index is 12.1. The van der Waals surface area contributed by atoms with E-state index in [-0.39, 0.29) is 23.3 Å². The van der Waals surface area contributed by atoms with Crippen molar-refractivity contribution < 1.29 is 19.1 Å². The normalized spacial score (nSPS) is 16.6. The van der Waals surface area contributed by atoms with Crippen molar-refractivity contribution >= 4 is 11.9 Å². The Kier molecular flexibility index (Phi) is 4.82. The van der Waals surface area contributed by atoms with E-state index < -0.39 is 5.97 Å². The lowest BCUT2D eigenvalue weighted by Crippen LogP contribution is -2.34. The van der Waals surface area contributed by atoms with Crippen LogP contribution in [0.4, 0.5) is 0 Å². The van der Waals surface area contributed by atoms with Gasteiger partial charge in [-0.05, 0) is 12.8 Å². The fourth-order valence-corrected chi connectivity index (χ4v) is 2.66. The number of hydrogen-bond donors (Lipinski definition) is 2. The van der Waals surface area contributed by atoms with Gasteiger partial charge in [0.1, 0.15) is 11.3 Å². The number of carboxylic acid groups (broad SMARTS) is 1. The summed E-state index contributed by atoms with van der Waals surface area (Å²) in [7, 11) is 0. The second-order valence-electron chi connectivity index (χ2n) is 5.27. The summed E-state index contributed by atoms with van der Waals surface area (Å²) in [6, 6.07) is 1.50. The molecule has 0 bridgehead atoms. The van der Waals surface area contributed by atoms with Crippen molar-refractivity contribution in [3.05, 3.63) is 23.2 Å². The van der Waals surface area contributed by atoms with Gasteiger partial charge in [0.05, 0.1) is 0 Å². The van der Waals surface area contributed by atoms with E-state index in [1.54, 1.807) is 6.92 Å². The van der Waals surface area contributed by atoms with Gasteiger partial charge >= 0.3 is 5.97 Å². The first kappa shape index (κ1) is 14.6. The molecule has 2 rings (SSSR count). The van der Waals surface area contributed by atoms with Crippen LogP contribution in [0, 0.1) is 0 Å². The molecule has 1 aliphatic rings. The molecule has 1 aliphatic carbocycles. The third-order valence-corrected chi connectivity index (χ3v) is 3.77. The molecule has 5 nitrogen and oxygen atoms in total. The summed E-state index contributed by atoms with van der Waals surface area (Å²) in [6.07, 6.45) is 7.12. The molecule has 2 N–H and O–H groups in total. The van der Waals surface area contributed by atoms with E-state index in [1.807, 2.05) is 0 Å². The molecule has 1 saturated carbocycles. The molecular formula is C15H21NO4. The summed E-state index contributed by atoms with van der Waals surface area (Å²) in [5.41, 5.74) is 0.0820. The molecule has 5 heteroatoms. The molecule has 1 fully saturated rings. The molecule has 0 spiro atoms. The molecule has 0 saturated heterocycles. The van der Waals surface area contributed by atoms with Gasteiger partial charge in [-0.15, -0.1) is 0 Å². The largest absolute Gasteiger partial charge is 0.478 e. The van der Waals surface area contributed by atoms with Crippen LogP contribution >= 0.6 is 0 Å². The number of carbonyl (C=O) groups is 2. The Bertz CT molecular complexity index is 484. The Morgan fingerprint density at radius 3 is 2.45 bits per heavy atom. The average molecular weight is 279 g/mol. The zero-order valence-electron chi connectivity index (χ0n) is 11.8. The fraction of sp³-hybridized carbons (Fsp3) is 0.600. The number of nitrogens with one attached hydrogen (secondary N) is 1. The Labute approximate surface area is 118 Å². The van der Waals surface area contributed by atoms with Gasteiger partial charge in [0.2, 0.25) is 0 Å². The van der Waals surface area contributed by atoms with E-state index in [4.69, 9.17) is 9.52 Å². The highest BCUT2D eigenvalue weighted by molar-refractivity contribution is 5.96. The fourth-order valence-electron chi connectivity index (χ4n) is 2.66. The van der Waals surface area contributed by atoms with Crippen LogP contribution in [0.1, 0.15) is 72.1 Å². The van der Waals surface area contributed by atoms with E-state index in [0.29, 0.717) is 12.2 Å². The standard InChI is InChI=1S/C15H21NO4/c1-2-12-11(15(18)19)9-13(20-12)14(17)16-10-7-5-3-4-6-8-10/h9-10H,2-8H2,1H3,(H,16,17)(H,18,19). The lowest BCUT2D eigenvalue weighted by Gasteiger charge is -2.14. The molecule has 0 aliphatic heterocycles. The first-order chi connectivity index (χ1) is 9.61. The van der Waals surface area contributed by atoms with Gasteiger partial charge in [0, 0.05) is 18.5 Å². The van der Waals surface area contributed by atoms with Crippen molar-refractivity contribution in [2.24, 2.45) is 0 Å². The smallest absolute Gasteiger partial charge is 0.339 e. The summed E-state index contributed by atoms with van der Waals surface area (Å²) in [5, 5.41) is 12.0. The van der Waals surface area contributed by atoms with Crippen LogP contribution < -0.4 is 5.32 Å². The van der Waals surface area contributed by atoms with Crippen LogP contribution in [-0.2, 0) is 6.42 Å². The third-order valence-electron chi connectivity index (χ3n) is 3.77. The predicted molar refractivity (Wildman–Crippen MR) is 74.0 cm³/mol. The molecule has 20 heavy (non-hydrogen) atoms. The second kappa shape index (κ2) is 6.59. The number of aryl methyl sites for hydroxylation is 1. The van der Waals surface area contributed by atoms with Crippen LogP contribution in [-0.4, -0.2) is 23.0 Å². The molecule has 0 unspecified atom stereocenters. The van der Waals surface area contributed by atoms with Crippen molar-refractivity contribution in [2.45, 2.75) is 57.9 Å². The van der Waals surface area contributed by atoms with Gasteiger partial charge < -0.3 is 14.8 Å². The Balaban J connectivity index is 2.06. The molecule has 0 radical (unpaired) electrons. The van der Waals surface area contributed by atoms with E-state index in [0.717, 1.165) is 25.7 Å². The first-order valence-electron chi connectivity index (χ1n) is 7.28. The first-order valence-corrected chi connectivity index (χ1v) is 7.28. The molecular weight excluding hydrogens is 258 g/mol. The van der Waals surface area contributed by atoms with Crippen LogP contribution in [0.15, 0.2) is 10.5 Å². The summed E-state index contributed by atoms with van der Waals surface area (Å²) in [6.45, 7) is 1.80. The van der Waals surface area contributed by atoms with Crippen LogP contribution in [0.2, 0.25) is 0 Å². The van der Waals surface area contributed by atoms with Gasteiger partial charge in [-0.1, -0.05) is 32.6 Å². The number of amides is 1. The minimum Gasteiger partial charge on any atom is -0.478 e. The van der Waals surface area contributed by atoms with Gasteiger partial charge in [-0.25, -0.2) is 4.79 Å². The third kappa shape index (κ3) is 3.40. The van der Waals surface area contributed by atoms with Crippen molar-refractivity contribution in [1.29, 1.82) is 0 Å². The van der Waals surface area contributed by atoms with Crippen molar-refractivity contribution in [1.82, 2.24) is 5.32 Å². The Morgan fingerprint density at radius 2 is 1.95 bits per heavy atom. The lowest BCUT2D eigenvalue weighted by atomic mass is 10.1. The summed E-state index contributed by atoms with van der Waals surface area (Å²) < 4.78 is 5.37. The number of hydrogen-bond acceptors (Lipinski definition) is 3. The minimum atomic E-state index is -1.06. The molecule has 1 aromatic rings. The van der Waals surface area contributed by atoms with E-state index in [9.17, 15) is 9.59 Å². The highest BCUT2D eigenvalue weighted by Gasteiger charge is 2.22. The van der Waals surface area contributed by atoms with Crippen LogP contribution in [0.3, 0.4) is 0 Å². The highest BCUT2D eigenvalue weighted by atomic mass is 16.4. The molecule has 0 aromatic carbocycles.